The SMILES string of the molecule is COc1cccc(OC)c1C(c1ncccc1C)N1CCCCC1C(=O)O. The summed E-state index contributed by atoms with van der Waals surface area (Å²) in [7, 11) is 3.23. The van der Waals surface area contributed by atoms with Crippen LogP contribution in [-0.4, -0.2) is 47.8 Å². The summed E-state index contributed by atoms with van der Waals surface area (Å²) >= 11 is 0. The van der Waals surface area contributed by atoms with Crippen LogP contribution >= 0.6 is 0 Å². The first kappa shape index (κ1) is 19.2. The molecule has 1 aliphatic rings. The largest absolute Gasteiger partial charge is 0.496 e. The quantitative estimate of drug-likeness (QED) is 0.840. The first-order chi connectivity index (χ1) is 13.1. The number of likely N-dealkylation sites (tertiary alicyclic amines) is 1. The molecule has 3 rings (SSSR count). The molecule has 2 aromatic rings. The van der Waals surface area contributed by atoms with Gasteiger partial charge in [-0.05, 0) is 50.1 Å². The van der Waals surface area contributed by atoms with Crippen LogP contribution in [0, 0.1) is 6.92 Å². The standard InChI is InChI=1S/C21H26N2O4/c1-14-8-7-12-22-19(14)20(23-13-5-4-9-15(23)21(24)25)18-16(26-2)10-6-11-17(18)27-3/h6-8,10-12,15,20H,4-5,9,13H2,1-3H3,(H,24,25). The van der Waals surface area contributed by atoms with Gasteiger partial charge in [-0.3, -0.25) is 14.7 Å². The fourth-order valence-electron chi connectivity index (χ4n) is 3.92. The lowest BCUT2D eigenvalue weighted by Gasteiger charge is -2.40. The van der Waals surface area contributed by atoms with Gasteiger partial charge in [0.25, 0.3) is 0 Å². The van der Waals surface area contributed by atoms with Gasteiger partial charge in [0, 0.05) is 6.20 Å². The summed E-state index contributed by atoms with van der Waals surface area (Å²) in [4.78, 5) is 18.7. The third kappa shape index (κ3) is 3.76. The second kappa shape index (κ2) is 8.39. The van der Waals surface area contributed by atoms with Crippen LogP contribution in [0.5, 0.6) is 11.5 Å². The van der Waals surface area contributed by atoms with E-state index >= 15 is 0 Å². The van der Waals surface area contributed by atoms with Crippen molar-refractivity contribution in [3.63, 3.8) is 0 Å². The van der Waals surface area contributed by atoms with Crippen molar-refractivity contribution in [1.29, 1.82) is 0 Å². The Bertz CT molecular complexity index is 786. The van der Waals surface area contributed by atoms with E-state index in [1.807, 2.05) is 42.2 Å². The average molecular weight is 370 g/mol. The second-order valence-electron chi connectivity index (χ2n) is 6.77. The van der Waals surface area contributed by atoms with Crippen LogP contribution in [0.2, 0.25) is 0 Å². The van der Waals surface area contributed by atoms with Crippen molar-refractivity contribution in [3.05, 3.63) is 53.3 Å². The summed E-state index contributed by atoms with van der Waals surface area (Å²) in [6.45, 7) is 2.68. The Labute approximate surface area is 159 Å². The number of pyridine rings is 1. The van der Waals surface area contributed by atoms with E-state index in [1.165, 1.54) is 0 Å². The smallest absolute Gasteiger partial charge is 0.320 e. The van der Waals surface area contributed by atoms with Gasteiger partial charge in [0.1, 0.15) is 17.5 Å². The number of carbonyl (C=O) groups is 1. The summed E-state index contributed by atoms with van der Waals surface area (Å²) in [5, 5.41) is 9.85. The van der Waals surface area contributed by atoms with Gasteiger partial charge in [0.15, 0.2) is 0 Å². The molecule has 1 aliphatic heterocycles. The van der Waals surface area contributed by atoms with Crippen LogP contribution in [-0.2, 0) is 4.79 Å². The zero-order valence-electron chi connectivity index (χ0n) is 16.0. The molecule has 0 amide bonds. The fourth-order valence-corrected chi connectivity index (χ4v) is 3.92. The number of hydrogen-bond acceptors (Lipinski definition) is 5. The zero-order chi connectivity index (χ0) is 19.4. The highest BCUT2D eigenvalue weighted by Crippen LogP contribution is 2.43. The fraction of sp³-hybridized carbons (Fsp3) is 0.429. The first-order valence-electron chi connectivity index (χ1n) is 9.19. The monoisotopic (exact) mass is 370 g/mol. The Kier molecular flexibility index (Phi) is 5.96. The lowest BCUT2D eigenvalue weighted by Crippen LogP contribution is -2.47. The van der Waals surface area contributed by atoms with Crippen molar-refractivity contribution in [2.24, 2.45) is 0 Å². The predicted octanol–water partition coefficient (Wildman–Crippen LogP) is 3.44. The lowest BCUT2D eigenvalue weighted by molar-refractivity contribution is -0.145. The Morgan fingerprint density at radius 1 is 1.19 bits per heavy atom. The highest BCUT2D eigenvalue weighted by Gasteiger charge is 2.38. The minimum atomic E-state index is -0.804. The van der Waals surface area contributed by atoms with E-state index in [2.05, 4.69) is 4.98 Å². The van der Waals surface area contributed by atoms with Gasteiger partial charge in [-0.15, -0.1) is 0 Å². The Morgan fingerprint density at radius 3 is 2.48 bits per heavy atom. The van der Waals surface area contributed by atoms with Gasteiger partial charge in [0.2, 0.25) is 0 Å². The normalized spacial score (nSPS) is 18.7. The number of aromatic nitrogens is 1. The van der Waals surface area contributed by atoms with Gasteiger partial charge in [-0.2, -0.15) is 0 Å². The minimum absolute atomic E-state index is 0.362. The van der Waals surface area contributed by atoms with Crippen LogP contribution in [0.4, 0.5) is 0 Å². The van der Waals surface area contributed by atoms with Gasteiger partial charge in [-0.25, -0.2) is 0 Å². The number of rotatable bonds is 6. The summed E-state index contributed by atoms with van der Waals surface area (Å²) in [6.07, 6.45) is 4.22. The van der Waals surface area contributed by atoms with E-state index < -0.39 is 12.0 Å². The van der Waals surface area contributed by atoms with E-state index in [-0.39, 0.29) is 6.04 Å². The maximum Gasteiger partial charge on any atom is 0.320 e. The highest BCUT2D eigenvalue weighted by molar-refractivity contribution is 5.74. The van der Waals surface area contributed by atoms with E-state index in [0.29, 0.717) is 24.5 Å². The van der Waals surface area contributed by atoms with Crippen LogP contribution in [0.1, 0.15) is 42.1 Å². The number of nitrogens with zero attached hydrogens (tertiary/aromatic N) is 2. The molecular weight excluding hydrogens is 344 g/mol. The minimum Gasteiger partial charge on any atom is -0.496 e. The Hall–Kier alpha value is -2.60. The van der Waals surface area contributed by atoms with Crippen LogP contribution < -0.4 is 9.47 Å². The van der Waals surface area contributed by atoms with E-state index in [1.54, 1.807) is 20.4 Å². The molecular formula is C21H26N2O4. The molecule has 1 fully saturated rings. The van der Waals surface area contributed by atoms with Crippen molar-refractivity contribution in [1.82, 2.24) is 9.88 Å². The molecule has 0 bridgehead atoms. The Morgan fingerprint density at radius 2 is 1.89 bits per heavy atom. The molecule has 0 spiro atoms. The molecule has 2 unspecified atom stereocenters. The molecule has 1 aromatic carbocycles. The number of methoxy groups -OCH3 is 2. The van der Waals surface area contributed by atoms with E-state index in [4.69, 9.17) is 9.47 Å². The van der Waals surface area contributed by atoms with E-state index in [9.17, 15) is 9.90 Å². The number of ether oxygens (including phenoxy) is 2. The highest BCUT2D eigenvalue weighted by atomic mass is 16.5. The molecule has 1 N–H and O–H groups in total. The molecule has 144 valence electrons. The van der Waals surface area contributed by atoms with E-state index in [0.717, 1.165) is 29.7 Å². The Balaban J connectivity index is 2.24. The molecule has 0 saturated carbocycles. The lowest BCUT2D eigenvalue weighted by atomic mass is 9.91. The van der Waals surface area contributed by atoms with Crippen LogP contribution in [0.25, 0.3) is 0 Å². The van der Waals surface area contributed by atoms with Crippen LogP contribution in [0.15, 0.2) is 36.5 Å². The van der Waals surface area contributed by atoms with Crippen molar-refractivity contribution in [2.45, 2.75) is 38.3 Å². The van der Waals surface area contributed by atoms with Crippen LogP contribution in [0.3, 0.4) is 0 Å². The predicted molar refractivity (Wildman–Crippen MR) is 102 cm³/mol. The van der Waals surface area contributed by atoms with Gasteiger partial charge >= 0.3 is 5.97 Å². The van der Waals surface area contributed by atoms with Gasteiger partial charge in [0.05, 0.1) is 31.5 Å². The summed E-state index contributed by atoms with van der Waals surface area (Å²) in [5.41, 5.74) is 2.65. The molecule has 27 heavy (non-hydrogen) atoms. The molecule has 2 heterocycles. The number of carboxylic acid groups (broad SMARTS) is 1. The maximum absolute atomic E-state index is 12.0. The number of piperidine rings is 1. The average Bonchev–Trinajstić information content (AvgIpc) is 2.69. The summed E-state index contributed by atoms with van der Waals surface area (Å²) in [5.74, 6) is 0.528. The summed E-state index contributed by atoms with van der Waals surface area (Å²) in [6, 6.07) is 8.58. The molecule has 6 heteroatoms. The third-order valence-electron chi connectivity index (χ3n) is 5.21. The van der Waals surface area contributed by atoms with Gasteiger partial charge in [-0.1, -0.05) is 18.6 Å². The second-order valence-corrected chi connectivity index (χ2v) is 6.77. The van der Waals surface area contributed by atoms with Crippen molar-refractivity contribution >= 4 is 5.97 Å². The summed E-state index contributed by atoms with van der Waals surface area (Å²) < 4.78 is 11.3. The number of aliphatic carboxylic acids is 1. The van der Waals surface area contributed by atoms with Crippen molar-refractivity contribution in [3.8, 4) is 11.5 Å². The number of carboxylic acids is 1. The first-order valence-corrected chi connectivity index (χ1v) is 9.19. The molecule has 6 nitrogen and oxygen atoms in total. The van der Waals surface area contributed by atoms with Gasteiger partial charge < -0.3 is 14.6 Å². The molecule has 0 aliphatic carbocycles. The number of aryl methyl sites for hydroxylation is 1. The van der Waals surface area contributed by atoms with Crippen molar-refractivity contribution in [2.75, 3.05) is 20.8 Å². The molecule has 2 atom stereocenters. The molecule has 1 saturated heterocycles. The number of hydrogen-bond donors (Lipinski definition) is 1. The zero-order valence-corrected chi connectivity index (χ0v) is 16.0. The molecule has 1 aromatic heterocycles. The molecule has 0 radical (unpaired) electrons. The maximum atomic E-state index is 12.0. The van der Waals surface area contributed by atoms with Crippen molar-refractivity contribution < 1.29 is 19.4 Å². The third-order valence-corrected chi connectivity index (χ3v) is 5.21. The topological polar surface area (TPSA) is 71.9 Å². The number of benzene rings is 1.